The zero-order chi connectivity index (χ0) is 26.7. The van der Waals surface area contributed by atoms with Gasteiger partial charge < -0.3 is 4.74 Å². The third-order valence-electron chi connectivity index (χ3n) is 7.11. The monoisotopic (exact) mass is 594 g/mol. The molecule has 0 N–H and O–H groups in total. The molecule has 5 rings (SSSR count). The van der Waals surface area contributed by atoms with Crippen LogP contribution in [0.3, 0.4) is 0 Å². The van der Waals surface area contributed by atoms with Crippen LogP contribution in [-0.4, -0.2) is 69.8 Å². The minimum Gasteiger partial charge on any atom is -0.496 e. The summed E-state index contributed by atoms with van der Waals surface area (Å²) in [4.78, 5) is 4.72. The number of nitrogens with zero attached hydrogens (tertiary/aromatic N) is 6. The van der Waals surface area contributed by atoms with Crippen molar-refractivity contribution in [2.75, 3.05) is 33.8 Å². The van der Waals surface area contributed by atoms with Gasteiger partial charge in [0.25, 0.3) is 5.82 Å². The molecule has 1 aromatic heterocycles. The second kappa shape index (κ2) is 13.5. The van der Waals surface area contributed by atoms with Crippen LogP contribution >= 0.6 is 24.8 Å². The van der Waals surface area contributed by atoms with Gasteiger partial charge in [0.2, 0.25) is 0 Å². The van der Waals surface area contributed by atoms with E-state index in [4.69, 9.17) is 4.74 Å². The van der Waals surface area contributed by atoms with E-state index in [1.54, 1.807) is 19.2 Å². The number of benzene rings is 3. The van der Waals surface area contributed by atoms with Crippen molar-refractivity contribution in [1.29, 1.82) is 0 Å². The maximum Gasteiger partial charge on any atom is 0.453 e. The van der Waals surface area contributed by atoms with Crippen LogP contribution in [0.15, 0.2) is 78.9 Å². The Bertz CT molecular complexity index is 1320. The quantitative estimate of drug-likeness (QED) is 0.282. The summed E-state index contributed by atoms with van der Waals surface area (Å²) in [5, 5.41) is 10.0. The standard InChI is InChI=1S/C28H29F3N6O.2ClH/c1-35-15-16-36(19-24(35)26(20-9-5-3-6-10-20)21-11-7-4-8-12-21)18-22-17-23(13-14-25(22)38-2)37-27(28(29,30)31)32-33-34-37;;/h3-14,17,24,26H,15-16,18-19H2,1-2H3;2*1H/t24-;;/m0../s1. The summed E-state index contributed by atoms with van der Waals surface area (Å²) in [5.74, 6) is -0.399. The smallest absolute Gasteiger partial charge is 0.453 e. The highest BCUT2D eigenvalue weighted by molar-refractivity contribution is 5.85. The maximum atomic E-state index is 13.4. The number of piperazine rings is 1. The van der Waals surface area contributed by atoms with Crippen LogP contribution in [0.1, 0.15) is 28.4 Å². The highest BCUT2D eigenvalue weighted by Gasteiger charge is 2.39. The average molecular weight is 595 g/mol. The van der Waals surface area contributed by atoms with Crippen LogP contribution in [0.2, 0.25) is 0 Å². The van der Waals surface area contributed by atoms with E-state index in [0.29, 0.717) is 12.3 Å². The molecule has 7 nitrogen and oxygen atoms in total. The first kappa shape index (κ1) is 31.3. The van der Waals surface area contributed by atoms with Crippen molar-refractivity contribution >= 4 is 24.8 Å². The Labute approximate surface area is 243 Å². The van der Waals surface area contributed by atoms with E-state index in [9.17, 15) is 13.2 Å². The zero-order valence-electron chi connectivity index (χ0n) is 22.0. The molecule has 0 radical (unpaired) electrons. The molecule has 1 fully saturated rings. The van der Waals surface area contributed by atoms with Crippen molar-refractivity contribution in [3.8, 4) is 11.4 Å². The Balaban J connectivity index is 0.00000220. The van der Waals surface area contributed by atoms with Crippen molar-refractivity contribution in [1.82, 2.24) is 30.0 Å². The predicted octanol–water partition coefficient (Wildman–Crippen LogP) is 5.48. The van der Waals surface area contributed by atoms with Crippen LogP contribution < -0.4 is 4.74 Å². The Morgan fingerprint density at radius 1 is 0.925 bits per heavy atom. The lowest BCUT2D eigenvalue weighted by molar-refractivity contribution is -0.146. The number of rotatable bonds is 7. The molecule has 0 amide bonds. The zero-order valence-corrected chi connectivity index (χ0v) is 23.7. The van der Waals surface area contributed by atoms with Crippen molar-refractivity contribution in [3.05, 3.63) is 101 Å². The highest BCUT2D eigenvalue weighted by Crippen LogP contribution is 2.34. The Morgan fingerprint density at radius 2 is 1.55 bits per heavy atom. The number of likely N-dealkylation sites (N-methyl/N-ethyl adjacent to an activating group) is 1. The summed E-state index contributed by atoms with van der Waals surface area (Å²) in [6.07, 6.45) is -4.67. The molecule has 1 atom stereocenters. The molecule has 0 spiro atoms. The Morgan fingerprint density at radius 3 is 2.12 bits per heavy atom. The molecule has 0 bridgehead atoms. The first-order valence-electron chi connectivity index (χ1n) is 12.4. The SMILES string of the molecule is COc1ccc(-n2nnnc2C(F)(F)F)cc1CN1CCN(C)[C@H](C(c2ccccc2)c2ccccc2)C1.Cl.Cl. The molecular formula is C28H31Cl2F3N6O. The summed E-state index contributed by atoms with van der Waals surface area (Å²) < 4.78 is 46.6. The Hall–Kier alpha value is -3.18. The first-order valence-corrected chi connectivity index (χ1v) is 12.4. The van der Waals surface area contributed by atoms with E-state index in [2.05, 4.69) is 80.9 Å². The van der Waals surface area contributed by atoms with Gasteiger partial charge in [-0.2, -0.15) is 17.9 Å². The van der Waals surface area contributed by atoms with Gasteiger partial charge in [0, 0.05) is 43.7 Å². The Kier molecular flexibility index (Phi) is 10.5. The molecule has 4 aromatic rings. The normalized spacial score (nSPS) is 16.3. The van der Waals surface area contributed by atoms with Crippen molar-refractivity contribution in [3.63, 3.8) is 0 Å². The summed E-state index contributed by atoms with van der Waals surface area (Å²) in [5.41, 5.74) is 3.49. The maximum absolute atomic E-state index is 13.4. The minimum atomic E-state index is -4.67. The average Bonchev–Trinajstić information content (AvgIpc) is 3.43. The van der Waals surface area contributed by atoms with Gasteiger partial charge in [-0.05, 0) is 46.8 Å². The molecule has 1 aliphatic rings. The lowest BCUT2D eigenvalue weighted by Crippen LogP contribution is -2.53. The van der Waals surface area contributed by atoms with Crippen LogP contribution in [0.25, 0.3) is 5.69 Å². The lowest BCUT2D eigenvalue weighted by Gasteiger charge is -2.43. The molecule has 0 saturated carbocycles. The molecular weight excluding hydrogens is 564 g/mol. The van der Waals surface area contributed by atoms with Crippen molar-refractivity contribution in [2.45, 2.75) is 24.7 Å². The van der Waals surface area contributed by atoms with E-state index < -0.39 is 12.0 Å². The summed E-state index contributed by atoms with van der Waals surface area (Å²) >= 11 is 0. The molecule has 1 aliphatic heterocycles. The fourth-order valence-electron chi connectivity index (χ4n) is 5.22. The highest BCUT2D eigenvalue weighted by atomic mass is 35.5. The summed E-state index contributed by atoms with van der Waals surface area (Å²) in [6.45, 7) is 2.96. The molecule has 2 heterocycles. The van der Waals surface area contributed by atoms with E-state index >= 15 is 0 Å². The number of aromatic nitrogens is 4. The summed E-state index contributed by atoms with van der Waals surface area (Å²) in [7, 11) is 3.71. The third-order valence-corrected chi connectivity index (χ3v) is 7.11. The molecule has 40 heavy (non-hydrogen) atoms. The number of tetrazole rings is 1. The third kappa shape index (κ3) is 6.75. The van der Waals surface area contributed by atoms with E-state index in [1.807, 2.05) is 12.1 Å². The molecule has 12 heteroatoms. The molecule has 214 valence electrons. The second-order valence-corrected chi connectivity index (χ2v) is 9.49. The van der Waals surface area contributed by atoms with Gasteiger partial charge in [-0.25, -0.2) is 0 Å². The molecule has 3 aromatic carbocycles. The molecule has 1 saturated heterocycles. The lowest BCUT2D eigenvalue weighted by atomic mass is 9.83. The number of methoxy groups -OCH3 is 1. The summed E-state index contributed by atoms with van der Waals surface area (Å²) in [6, 6.07) is 26.0. The van der Waals surface area contributed by atoms with Gasteiger partial charge in [0.15, 0.2) is 0 Å². The molecule has 0 aliphatic carbocycles. The minimum absolute atomic E-state index is 0. The van der Waals surface area contributed by atoms with Crippen LogP contribution in [0.5, 0.6) is 5.75 Å². The fraction of sp³-hybridized carbons (Fsp3) is 0.321. The number of halogens is 5. The second-order valence-electron chi connectivity index (χ2n) is 9.49. The molecule has 0 unspecified atom stereocenters. The number of hydrogen-bond donors (Lipinski definition) is 0. The van der Waals surface area contributed by atoms with E-state index in [1.165, 1.54) is 17.2 Å². The van der Waals surface area contributed by atoms with Crippen molar-refractivity contribution < 1.29 is 17.9 Å². The largest absolute Gasteiger partial charge is 0.496 e. The topological polar surface area (TPSA) is 59.3 Å². The van der Waals surface area contributed by atoms with Crippen molar-refractivity contribution in [2.24, 2.45) is 0 Å². The van der Waals surface area contributed by atoms with Gasteiger partial charge in [-0.1, -0.05) is 60.7 Å². The number of ether oxygens (including phenoxy) is 1. The van der Waals surface area contributed by atoms with E-state index in [-0.39, 0.29) is 42.5 Å². The predicted molar refractivity (Wildman–Crippen MR) is 152 cm³/mol. The van der Waals surface area contributed by atoms with Crippen LogP contribution in [0, 0.1) is 0 Å². The van der Waals surface area contributed by atoms with Gasteiger partial charge in [0.1, 0.15) is 5.75 Å². The van der Waals surface area contributed by atoms with Gasteiger partial charge >= 0.3 is 6.18 Å². The van der Waals surface area contributed by atoms with E-state index in [0.717, 1.165) is 29.9 Å². The number of alkyl halides is 3. The van der Waals surface area contributed by atoms with Crippen LogP contribution in [0.4, 0.5) is 13.2 Å². The fourth-order valence-corrected chi connectivity index (χ4v) is 5.22. The van der Waals surface area contributed by atoms with Gasteiger partial charge in [0.05, 0.1) is 12.8 Å². The van der Waals surface area contributed by atoms with Gasteiger partial charge in [-0.15, -0.1) is 29.9 Å². The number of hydrogen-bond acceptors (Lipinski definition) is 6. The van der Waals surface area contributed by atoms with Gasteiger partial charge in [-0.3, -0.25) is 9.80 Å². The first-order chi connectivity index (χ1) is 18.3. The van der Waals surface area contributed by atoms with Crippen LogP contribution in [-0.2, 0) is 12.7 Å².